The summed E-state index contributed by atoms with van der Waals surface area (Å²) in [6.45, 7) is 5.95. The normalized spacial score (nSPS) is 11.1. The maximum Gasteiger partial charge on any atom is 0.329 e. The third-order valence-corrected chi connectivity index (χ3v) is 3.11. The van der Waals surface area contributed by atoms with Crippen LogP contribution in [0.2, 0.25) is 0 Å². The Bertz CT molecular complexity index is 271. The van der Waals surface area contributed by atoms with E-state index >= 15 is 0 Å². The Morgan fingerprint density at radius 3 is 2.06 bits per heavy atom. The third kappa shape index (κ3) is 4.18. The average molecular weight is 260 g/mol. The quantitative estimate of drug-likeness (QED) is 0.608. The van der Waals surface area contributed by atoms with E-state index in [2.05, 4.69) is 5.32 Å². The molecule has 0 aliphatic carbocycles. The van der Waals surface area contributed by atoms with Crippen molar-refractivity contribution in [3.05, 3.63) is 0 Å². The number of aliphatic hydroxyl groups is 1. The van der Waals surface area contributed by atoms with Gasteiger partial charge in [-0.1, -0.05) is 20.8 Å². The van der Waals surface area contributed by atoms with Crippen LogP contribution in [0.3, 0.4) is 0 Å². The number of aliphatic hydroxyl groups excluding tert-OH is 1. The SMILES string of the molecule is CCCN(CCO)C(=O)NC(CC)(CC)C(=O)O. The molecule has 0 rings (SSSR count). The number of hydrogen-bond donors (Lipinski definition) is 3. The minimum Gasteiger partial charge on any atom is -0.480 e. The molecule has 2 amide bonds. The van der Waals surface area contributed by atoms with E-state index in [-0.39, 0.29) is 13.2 Å². The molecule has 0 saturated heterocycles. The van der Waals surface area contributed by atoms with Crippen molar-refractivity contribution < 1.29 is 19.8 Å². The lowest BCUT2D eigenvalue weighted by atomic mass is 9.93. The number of carboxylic acids is 1. The molecular weight excluding hydrogens is 236 g/mol. The highest BCUT2D eigenvalue weighted by atomic mass is 16.4. The van der Waals surface area contributed by atoms with E-state index in [1.807, 2.05) is 6.92 Å². The summed E-state index contributed by atoms with van der Waals surface area (Å²) >= 11 is 0. The monoisotopic (exact) mass is 260 g/mol. The van der Waals surface area contributed by atoms with E-state index in [1.54, 1.807) is 13.8 Å². The van der Waals surface area contributed by atoms with Crippen LogP contribution in [0.5, 0.6) is 0 Å². The molecule has 0 spiro atoms. The van der Waals surface area contributed by atoms with Gasteiger partial charge in [-0.25, -0.2) is 9.59 Å². The lowest BCUT2D eigenvalue weighted by molar-refractivity contribution is -0.144. The summed E-state index contributed by atoms with van der Waals surface area (Å²) in [6, 6.07) is -0.433. The Balaban J connectivity index is 4.80. The van der Waals surface area contributed by atoms with Crippen molar-refractivity contribution in [3.63, 3.8) is 0 Å². The molecule has 6 heteroatoms. The summed E-state index contributed by atoms with van der Waals surface area (Å²) in [5, 5.41) is 20.7. The molecule has 0 aliphatic heterocycles. The van der Waals surface area contributed by atoms with E-state index in [1.165, 1.54) is 4.90 Å². The van der Waals surface area contributed by atoms with E-state index in [9.17, 15) is 14.7 Å². The molecule has 0 aliphatic rings. The zero-order valence-electron chi connectivity index (χ0n) is 11.4. The summed E-state index contributed by atoms with van der Waals surface area (Å²) in [7, 11) is 0. The number of aliphatic carboxylic acids is 1. The molecule has 0 heterocycles. The standard InChI is InChI=1S/C12H24N2O4/c1-4-7-14(8-9-15)11(18)13-12(5-2,6-3)10(16)17/h15H,4-9H2,1-3H3,(H,13,18)(H,16,17). The molecule has 106 valence electrons. The lowest BCUT2D eigenvalue weighted by Crippen LogP contribution is -2.57. The number of nitrogens with zero attached hydrogens (tertiary/aromatic N) is 1. The van der Waals surface area contributed by atoms with Crippen LogP contribution in [0.1, 0.15) is 40.0 Å². The molecule has 18 heavy (non-hydrogen) atoms. The number of carbonyl (C=O) groups is 2. The van der Waals surface area contributed by atoms with Gasteiger partial charge in [0.1, 0.15) is 5.54 Å². The highest BCUT2D eigenvalue weighted by molar-refractivity contribution is 5.86. The summed E-state index contributed by atoms with van der Waals surface area (Å²) in [4.78, 5) is 24.7. The van der Waals surface area contributed by atoms with Gasteiger partial charge in [-0.05, 0) is 19.3 Å². The van der Waals surface area contributed by atoms with Crippen LogP contribution in [0.4, 0.5) is 4.79 Å². The van der Waals surface area contributed by atoms with Gasteiger partial charge in [0.05, 0.1) is 6.61 Å². The minimum absolute atomic E-state index is 0.133. The summed E-state index contributed by atoms with van der Waals surface area (Å²) in [5.74, 6) is -1.03. The molecule has 0 saturated carbocycles. The van der Waals surface area contributed by atoms with Gasteiger partial charge in [0.15, 0.2) is 0 Å². The van der Waals surface area contributed by atoms with Crippen molar-refractivity contribution in [2.45, 2.75) is 45.6 Å². The molecule has 0 aromatic carbocycles. The van der Waals surface area contributed by atoms with Gasteiger partial charge < -0.3 is 20.4 Å². The number of nitrogens with one attached hydrogen (secondary N) is 1. The number of hydrogen-bond acceptors (Lipinski definition) is 3. The first-order valence-corrected chi connectivity index (χ1v) is 6.38. The van der Waals surface area contributed by atoms with Crippen LogP contribution < -0.4 is 5.32 Å². The zero-order valence-corrected chi connectivity index (χ0v) is 11.4. The smallest absolute Gasteiger partial charge is 0.329 e. The van der Waals surface area contributed by atoms with Gasteiger partial charge in [-0.2, -0.15) is 0 Å². The molecule has 0 unspecified atom stereocenters. The predicted molar refractivity (Wildman–Crippen MR) is 68.4 cm³/mol. The number of urea groups is 1. The highest BCUT2D eigenvalue weighted by Crippen LogP contribution is 2.16. The van der Waals surface area contributed by atoms with Gasteiger partial charge >= 0.3 is 12.0 Å². The molecule has 0 aromatic rings. The van der Waals surface area contributed by atoms with Gasteiger partial charge in [0, 0.05) is 13.1 Å². The van der Waals surface area contributed by atoms with Crippen molar-refractivity contribution in [3.8, 4) is 0 Å². The van der Waals surface area contributed by atoms with E-state index < -0.39 is 17.5 Å². The van der Waals surface area contributed by atoms with Crippen LogP contribution in [-0.4, -0.2) is 52.3 Å². The second kappa shape index (κ2) is 7.92. The highest BCUT2D eigenvalue weighted by Gasteiger charge is 2.37. The van der Waals surface area contributed by atoms with Crippen molar-refractivity contribution in [1.29, 1.82) is 0 Å². The van der Waals surface area contributed by atoms with Crippen molar-refractivity contribution in [2.75, 3.05) is 19.7 Å². The largest absolute Gasteiger partial charge is 0.480 e. The van der Waals surface area contributed by atoms with Crippen molar-refractivity contribution >= 4 is 12.0 Å². The van der Waals surface area contributed by atoms with Crippen LogP contribution >= 0.6 is 0 Å². The van der Waals surface area contributed by atoms with E-state index in [0.29, 0.717) is 19.4 Å². The predicted octanol–water partition coefficient (Wildman–Crippen LogP) is 1.04. The molecule has 6 nitrogen and oxygen atoms in total. The van der Waals surface area contributed by atoms with Crippen LogP contribution in [0.25, 0.3) is 0 Å². The molecule has 0 aromatic heterocycles. The first-order valence-electron chi connectivity index (χ1n) is 6.38. The first-order chi connectivity index (χ1) is 8.47. The first kappa shape index (κ1) is 16.7. The number of carboxylic acid groups (broad SMARTS) is 1. The zero-order chi connectivity index (χ0) is 14.2. The average Bonchev–Trinajstić information content (AvgIpc) is 2.35. The molecule has 0 atom stereocenters. The fourth-order valence-corrected chi connectivity index (χ4v) is 1.77. The Kier molecular flexibility index (Phi) is 7.35. The fraction of sp³-hybridized carbons (Fsp3) is 0.833. The molecule has 0 bridgehead atoms. The van der Waals surface area contributed by atoms with E-state index in [0.717, 1.165) is 6.42 Å². The van der Waals surface area contributed by atoms with Gasteiger partial charge in [-0.15, -0.1) is 0 Å². The van der Waals surface area contributed by atoms with Gasteiger partial charge in [-0.3, -0.25) is 0 Å². The van der Waals surface area contributed by atoms with Crippen molar-refractivity contribution in [2.24, 2.45) is 0 Å². The van der Waals surface area contributed by atoms with Crippen LogP contribution in [0.15, 0.2) is 0 Å². The van der Waals surface area contributed by atoms with Gasteiger partial charge in [0.2, 0.25) is 0 Å². The third-order valence-electron chi connectivity index (χ3n) is 3.11. The van der Waals surface area contributed by atoms with Crippen molar-refractivity contribution in [1.82, 2.24) is 10.2 Å². The van der Waals surface area contributed by atoms with E-state index in [4.69, 9.17) is 5.11 Å². The summed E-state index contributed by atoms with van der Waals surface area (Å²) in [6.07, 6.45) is 1.40. The Labute approximate surface area is 108 Å². The number of amides is 2. The summed E-state index contributed by atoms with van der Waals surface area (Å²) < 4.78 is 0. The van der Waals surface area contributed by atoms with Crippen LogP contribution in [0, 0.1) is 0 Å². The maximum atomic E-state index is 12.0. The molecular formula is C12H24N2O4. The maximum absolute atomic E-state index is 12.0. The van der Waals surface area contributed by atoms with Gasteiger partial charge in [0.25, 0.3) is 0 Å². The Morgan fingerprint density at radius 2 is 1.72 bits per heavy atom. The number of carbonyl (C=O) groups excluding carboxylic acids is 1. The topological polar surface area (TPSA) is 89.9 Å². The van der Waals surface area contributed by atoms with Crippen LogP contribution in [-0.2, 0) is 4.79 Å². The number of rotatable bonds is 8. The minimum atomic E-state index is -1.22. The summed E-state index contributed by atoms with van der Waals surface area (Å²) in [5.41, 5.74) is -1.22. The molecule has 0 radical (unpaired) electrons. The lowest BCUT2D eigenvalue weighted by Gasteiger charge is -2.31. The molecule has 0 fully saturated rings. The Morgan fingerprint density at radius 1 is 1.17 bits per heavy atom. The second-order valence-electron chi connectivity index (χ2n) is 4.24. The fourth-order valence-electron chi connectivity index (χ4n) is 1.77. The second-order valence-corrected chi connectivity index (χ2v) is 4.24. The molecule has 3 N–H and O–H groups in total. The Hall–Kier alpha value is -1.30.